The van der Waals surface area contributed by atoms with Gasteiger partial charge in [0.2, 0.25) is 5.43 Å². The van der Waals surface area contributed by atoms with Crippen LogP contribution in [0.5, 0.6) is 5.75 Å². The minimum Gasteiger partial charge on any atom is -0.494 e. The van der Waals surface area contributed by atoms with Crippen molar-refractivity contribution in [2.24, 2.45) is 7.05 Å². The average Bonchev–Trinajstić information content (AvgIpc) is 2.64. The number of hydrogen-bond acceptors (Lipinski definition) is 4. The number of amides is 1. The Kier molecular flexibility index (Phi) is 5.08. The molecular weight excluding hydrogens is 318 g/mol. The molecule has 2 aromatic rings. The van der Waals surface area contributed by atoms with Crippen LogP contribution in [-0.4, -0.2) is 59.6 Å². The average molecular weight is 343 g/mol. The van der Waals surface area contributed by atoms with Gasteiger partial charge in [-0.1, -0.05) is 6.92 Å². The number of piperazine rings is 1. The highest BCUT2D eigenvalue weighted by Crippen LogP contribution is 2.19. The zero-order valence-electron chi connectivity index (χ0n) is 15.1. The molecule has 6 nitrogen and oxygen atoms in total. The molecule has 0 radical (unpaired) electrons. The molecule has 1 aromatic heterocycles. The minimum atomic E-state index is -0.224. The van der Waals surface area contributed by atoms with Gasteiger partial charge in [-0.05, 0) is 31.7 Å². The van der Waals surface area contributed by atoms with E-state index in [0.29, 0.717) is 30.8 Å². The fourth-order valence-electron chi connectivity index (χ4n) is 3.32. The Hall–Kier alpha value is -2.34. The zero-order valence-corrected chi connectivity index (χ0v) is 15.1. The van der Waals surface area contributed by atoms with Crippen LogP contribution in [0.2, 0.25) is 0 Å². The maximum atomic E-state index is 12.9. The van der Waals surface area contributed by atoms with Gasteiger partial charge < -0.3 is 19.1 Å². The van der Waals surface area contributed by atoms with Crippen molar-refractivity contribution in [3.05, 3.63) is 40.2 Å². The molecule has 1 aromatic carbocycles. The van der Waals surface area contributed by atoms with Crippen molar-refractivity contribution in [2.45, 2.75) is 13.8 Å². The number of aromatic nitrogens is 1. The van der Waals surface area contributed by atoms with Crippen molar-refractivity contribution in [1.29, 1.82) is 0 Å². The first-order chi connectivity index (χ1) is 12.0. The molecule has 3 rings (SSSR count). The monoisotopic (exact) mass is 343 g/mol. The summed E-state index contributed by atoms with van der Waals surface area (Å²) in [6.45, 7) is 8.56. The third-order valence-electron chi connectivity index (χ3n) is 4.81. The molecule has 0 saturated carbocycles. The van der Waals surface area contributed by atoms with Crippen molar-refractivity contribution < 1.29 is 9.53 Å². The van der Waals surface area contributed by atoms with Crippen LogP contribution in [-0.2, 0) is 7.05 Å². The van der Waals surface area contributed by atoms with E-state index >= 15 is 0 Å². The van der Waals surface area contributed by atoms with Gasteiger partial charge in [-0.15, -0.1) is 0 Å². The number of pyridine rings is 1. The quantitative estimate of drug-likeness (QED) is 0.848. The zero-order chi connectivity index (χ0) is 18.0. The summed E-state index contributed by atoms with van der Waals surface area (Å²) < 4.78 is 7.34. The van der Waals surface area contributed by atoms with Gasteiger partial charge in [0, 0.05) is 39.4 Å². The molecule has 0 spiro atoms. The highest BCUT2D eigenvalue weighted by Gasteiger charge is 2.24. The topological polar surface area (TPSA) is 54.8 Å². The fourth-order valence-corrected chi connectivity index (χ4v) is 3.32. The molecule has 25 heavy (non-hydrogen) atoms. The maximum absolute atomic E-state index is 12.9. The third-order valence-corrected chi connectivity index (χ3v) is 4.81. The number of nitrogens with zero attached hydrogens (tertiary/aromatic N) is 3. The number of hydrogen-bond donors (Lipinski definition) is 0. The van der Waals surface area contributed by atoms with E-state index in [0.717, 1.165) is 25.2 Å². The van der Waals surface area contributed by atoms with E-state index in [-0.39, 0.29) is 16.9 Å². The van der Waals surface area contributed by atoms with Gasteiger partial charge in [0.1, 0.15) is 11.3 Å². The Morgan fingerprint density at radius 2 is 1.88 bits per heavy atom. The van der Waals surface area contributed by atoms with Crippen molar-refractivity contribution in [2.75, 3.05) is 39.3 Å². The predicted molar refractivity (Wildman–Crippen MR) is 98.4 cm³/mol. The Morgan fingerprint density at radius 3 is 2.52 bits per heavy atom. The highest BCUT2D eigenvalue weighted by molar-refractivity contribution is 5.97. The molecule has 6 heteroatoms. The van der Waals surface area contributed by atoms with Gasteiger partial charge in [0.25, 0.3) is 5.91 Å². The lowest BCUT2D eigenvalue weighted by atomic mass is 10.1. The van der Waals surface area contributed by atoms with Crippen LogP contribution in [0.3, 0.4) is 0 Å². The molecule has 1 amide bonds. The lowest BCUT2D eigenvalue weighted by Gasteiger charge is -2.34. The second-order valence-electron chi connectivity index (χ2n) is 6.32. The highest BCUT2D eigenvalue weighted by atomic mass is 16.5. The number of carbonyl (C=O) groups is 1. The van der Waals surface area contributed by atoms with E-state index in [4.69, 9.17) is 4.74 Å². The summed E-state index contributed by atoms with van der Waals surface area (Å²) in [5.41, 5.74) is 0.798. The summed E-state index contributed by atoms with van der Waals surface area (Å²) in [6.07, 6.45) is 1.65. The van der Waals surface area contributed by atoms with Crippen LogP contribution >= 0.6 is 0 Å². The van der Waals surface area contributed by atoms with Crippen LogP contribution in [0.4, 0.5) is 0 Å². The molecule has 1 aliphatic rings. The van der Waals surface area contributed by atoms with Gasteiger partial charge in [-0.2, -0.15) is 0 Å². The van der Waals surface area contributed by atoms with Crippen molar-refractivity contribution >= 4 is 16.8 Å². The summed E-state index contributed by atoms with van der Waals surface area (Å²) in [6, 6.07) is 5.43. The summed E-state index contributed by atoms with van der Waals surface area (Å²) in [5, 5.41) is 0.520. The van der Waals surface area contributed by atoms with Gasteiger partial charge in [0.05, 0.1) is 17.5 Å². The summed E-state index contributed by atoms with van der Waals surface area (Å²) in [4.78, 5) is 29.9. The van der Waals surface area contributed by atoms with Crippen LogP contribution in [0.25, 0.3) is 10.9 Å². The normalized spacial score (nSPS) is 15.6. The first-order valence-corrected chi connectivity index (χ1v) is 8.83. The third kappa shape index (κ3) is 3.39. The van der Waals surface area contributed by atoms with Crippen LogP contribution in [0, 0.1) is 0 Å². The molecule has 0 unspecified atom stereocenters. The number of rotatable bonds is 4. The lowest BCUT2D eigenvalue weighted by Crippen LogP contribution is -2.49. The van der Waals surface area contributed by atoms with E-state index in [1.54, 1.807) is 17.2 Å². The van der Waals surface area contributed by atoms with E-state index in [1.807, 2.05) is 30.7 Å². The molecule has 2 heterocycles. The van der Waals surface area contributed by atoms with Crippen molar-refractivity contribution in [3.63, 3.8) is 0 Å². The number of fused-ring (bicyclic) bond motifs is 1. The molecule has 0 atom stereocenters. The number of benzene rings is 1. The molecule has 0 bridgehead atoms. The smallest absolute Gasteiger partial charge is 0.259 e. The van der Waals surface area contributed by atoms with Crippen LogP contribution in [0.15, 0.2) is 29.2 Å². The predicted octanol–water partition coefficient (Wildman–Crippen LogP) is 1.71. The standard InChI is InChI=1S/C19H25N3O3/c1-4-21-8-10-22(11-9-21)19(24)16-13-20(3)17-7-6-14(25-5-2)12-15(17)18(16)23/h6-7,12-13H,4-5,8-11H2,1-3H3. The summed E-state index contributed by atoms with van der Waals surface area (Å²) in [5.74, 6) is 0.466. The van der Waals surface area contributed by atoms with E-state index in [1.165, 1.54) is 0 Å². The van der Waals surface area contributed by atoms with Crippen LogP contribution in [0.1, 0.15) is 24.2 Å². The van der Waals surface area contributed by atoms with E-state index in [2.05, 4.69) is 11.8 Å². The second-order valence-corrected chi connectivity index (χ2v) is 6.32. The first kappa shape index (κ1) is 17.5. The molecule has 1 fully saturated rings. The van der Waals surface area contributed by atoms with Crippen molar-refractivity contribution in [1.82, 2.24) is 14.4 Å². The van der Waals surface area contributed by atoms with Crippen molar-refractivity contribution in [3.8, 4) is 5.75 Å². The van der Waals surface area contributed by atoms with Gasteiger partial charge in [-0.25, -0.2) is 0 Å². The summed E-state index contributed by atoms with van der Waals surface area (Å²) in [7, 11) is 1.86. The van der Waals surface area contributed by atoms with Gasteiger partial charge >= 0.3 is 0 Å². The molecule has 134 valence electrons. The Labute approximate surface area is 147 Å². The molecule has 1 aliphatic heterocycles. The largest absolute Gasteiger partial charge is 0.494 e. The molecule has 0 N–H and O–H groups in total. The first-order valence-electron chi connectivity index (χ1n) is 8.83. The Bertz CT molecular complexity index is 836. The number of carbonyl (C=O) groups excluding carboxylic acids is 1. The molecular formula is C19H25N3O3. The number of likely N-dealkylation sites (N-methyl/N-ethyl adjacent to an activating group) is 1. The SMILES string of the molecule is CCOc1ccc2c(c1)c(=O)c(C(=O)N1CCN(CC)CC1)cn2C. The minimum absolute atomic E-state index is 0.180. The lowest BCUT2D eigenvalue weighted by molar-refractivity contribution is 0.0641. The van der Waals surface area contributed by atoms with Gasteiger partial charge in [0.15, 0.2) is 0 Å². The van der Waals surface area contributed by atoms with E-state index < -0.39 is 0 Å². The summed E-state index contributed by atoms with van der Waals surface area (Å²) >= 11 is 0. The number of ether oxygens (including phenoxy) is 1. The maximum Gasteiger partial charge on any atom is 0.259 e. The Morgan fingerprint density at radius 1 is 1.16 bits per heavy atom. The van der Waals surface area contributed by atoms with Crippen LogP contribution < -0.4 is 10.2 Å². The number of aryl methyl sites for hydroxylation is 1. The fraction of sp³-hybridized carbons (Fsp3) is 0.474. The Balaban J connectivity index is 1.97. The molecule has 1 saturated heterocycles. The van der Waals surface area contributed by atoms with Gasteiger partial charge in [-0.3, -0.25) is 9.59 Å². The van der Waals surface area contributed by atoms with E-state index in [9.17, 15) is 9.59 Å². The molecule has 0 aliphatic carbocycles. The second kappa shape index (κ2) is 7.27.